The maximum atomic E-state index is 11.2. The fourth-order valence-electron chi connectivity index (χ4n) is 1.45. The van der Waals surface area contributed by atoms with Crippen molar-refractivity contribution in [3.8, 4) is 5.75 Å². The Bertz CT molecular complexity index is 391. The minimum absolute atomic E-state index is 0.0416. The third-order valence-corrected chi connectivity index (χ3v) is 2.84. The van der Waals surface area contributed by atoms with Crippen LogP contribution in [0.3, 0.4) is 0 Å². The SMILES string of the molecule is Cc1cccc(OCCN(C)C(=O)CN)c1C. The molecule has 0 atom stereocenters. The number of nitrogens with zero attached hydrogens (tertiary/aromatic N) is 1. The molecule has 94 valence electrons. The lowest BCUT2D eigenvalue weighted by molar-refractivity contribution is -0.128. The van der Waals surface area contributed by atoms with Crippen molar-refractivity contribution in [2.24, 2.45) is 5.73 Å². The molecule has 0 aliphatic rings. The summed E-state index contributed by atoms with van der Waals surface area (Å²) in [6.45, 7) is 5.14. The van der Waals surface area contributed by atoms with Gasteiger partial charge in [0.05, 0.1) is 13.1 Å². The molecule has 4 heteroatoms. The molecule has 0 fully saturated rings. The highest BCUT2D eigenvalue weighted by molar-refractivity contribution is 5.77. The highest BCUT2D eigenvalue weighted by atomic mass is 16.5. The van der Waals surface area contributed by atoms with Crippen LogP contribution in [0.5, 0.6) is 5.75 Å². The number of hydrogen-bond acceptors (Lipinski definition) is 3. The molecule has 0 heterocycles. The molecule has 1 aromatic rings. The van der Waals surface area contributed by atoms with Crippen LogP contribution in [-0.2, 0) is 4.79 Å². The number of nitrogens with two attached hydrogens (primary N) is 1. The summed E-state index contributed by atoms with van der Waals surface area (Å²) in [6.07, 6.45) is 0. The van der Waals surface area contributed by atoms with Gasteiger partial charge in [0.25, 0.3) is 0 Å². The summed E-state index contributed by atoms with van der Waals surface area (Å²) in [5.41, 5.74) is 7.61. The van der Waals surface area contributed by atoms with Crippen LogP contribution in [0.1, 0.15) is 11.1 Å². The Morgan fingerprint density at radius 3 is 2.76 bits per heavy atom. The van der Waals surface area contributed by atoms with Crippen molar-refractivity contribution in [1.82, 2.24) is 4.90 Å². The van der Waals surface area contributed by atoms with E-state index < -0.39 is 0 Å². The number of carbonyl (C=O) groups is 1. The lowest BCUT2D eigenvalue weighted by atomic mass is 10.1. The van der Waals surface area contributed by atoms with Gasteiger partial charge in [0.2, 0.25) is 5.91 Å². The third-order valence-electron chi connectivity index (χ3n) is 2.84. The zero-order valence-electron chi connectivity index (χ0n) is 10.7. The van der Waals surface area contributed by atoms with Gasteiger partial charge in [-0.05, 0) is 31.0 Å². The van der Waals surface area contributed by atoms with Crippen molar-refractivity contribution in [3.05, 3.63) is 29.3 Å². The van der Waals surface area contributed by atoms with Gasteiger partial charge in [-0.25, -0.2) is 0 Å². The summed E-state index contributed by atoms with van der Waals surface area (Å²) in [6, 6.07) is 5.95. The Labute approximate surface area is 102 Å². The second kappa shape index (κ2) is 6.25. The van der Waals surface area contributed by atoms with E-state index in [-0.39, 0.29) is 12.5 Å². The molecule has 0 saturated carbocycles. The van der Waals surface area contributed by atoms with Crippen LogP contribution in [0.4, 0.5) is 0 Å². The van der Waals surface area contributed by atoms with E-state index in [0.717, 1.165) is 11.3 Å². The molecule has 2 N–H and O–H groups in total. The minimum Gasteiger partial charge on any atom is -0.491 e. The quantitative estimate of drug-likeness (QED) is 0.833. The maximum absolute atomic E-state index is 11.2. The Hall–Kier alpha value is -1.55. The standard InChI is InChI=1S/C13H20N2O2/c1-10-5-4-6-12(11(10)2)17-8-7-15(3)13(16)9-14/h4-6H,7-9,14H2,1-3H3. The van der Waals surface area contributed by atoms with Crippen LogP contribution < -0.4 is 10.5 Å². The second-order valence-corrected chi connectivity index (χ2v) is 4.07. The first-order valence-electron chi connectivity index (χ1n) is 5.69. The zero-order valence-corrected chi connectivity index (χ0v) is 10.7. The van der Waals surface area contributed by atoms with Crippen LogP contribution in [0, 0.1) is 13.8 Å². The molecular weight excluding hydrogens is 216 g/mol. The van der Waals surface area contributed by atoms with E-state index in [0.29, 0.717) is 13.2 Å². The lowest BCUT2D eigenvalue weighted by Gasteiger charge is -2.17. The molecule has 0 bridgehead atoms. The Morgan fingerprint density at radius 1 is 1.41 bits per heavy atom. The van der Waals surface area contributed by atoms with Crippen LogP contribution >= 0.6 is 0 Å². The first-order chi connectivity index (χ1) is 8.06. The van der Waals surface area contributed by atoms with E-state index in [1.54, 1.807) is 11.9 Å². The van der Waals surface area contributed by atoms with Gasteiger partial charge in [0.1, 0.15) is 12.4 Å². The number of amides is 1. The van der Waals surface area contributed by atoms with E-state index in [1.807, 2.05) is 32.0 Å². The molecule has 0 aliphatic carbocycles. The van der Waals surface area contributed by atoms with Crippen LogP contribution in [-0.4, -0.2) is 37.6 Å². The smallest absolute Gasteiger partial charge is 0.236 e. The first kappa shape index (κ1) is 13.5. The fourth-order valence-corrected chi connectivity index (χ4v) is 1.45. The fraction of sp³-hybridized carbons (Fsp3) is 0.462. The molecule has 1 rings (SSSR count). The number of hydrogen-bond donors (Lipinski definition) is 1. The molecule has 4 nitrogen and oxygen atoms in total. The summed E-state index contributed by atoms with van der Waals surface area (Å²) in [7, 11) is 1.72. The largest absolute Gasteiger partial charge is 0.491 e. The Balaban J connectivity index is 2.46. The van der Waals surface area contributed by atoms with Gasteiger partial charge in [0, 0.05) is 7.05 Å². The van der Waals surface area contributed by atoms with Crippen molar-refractivity contribution < 1.29 is 9.53 Å². The average molecular weight is 236 g/mol. The Morgan fingerprint density at radius 2 is 2.12 bits per heavy atom. The molecule has 1 amide bonds. The monoisotopic (exact) mass is 236 g/mol. The molecule has 0 unspecified atom stereocenters. The highest BCUT2D eigenvalue weighted by Gasteiger charge is 2.06. The van der Waals surface area contributed by atoms with Crippen molar-refractivity contribution >= 4 is 5.91 Å². The summed E-state index contributed by atoms with van der Waals surface area (Å²) in [5, 5.41) is 0. The normalized spacial score (nSPS) is 10.1. The summed E-state index contributed by atoms with van der Waals surface area (Å²) in [4.78, 5) is 12.8. The summed E-state index contributed by atoms with van der Waals surface area (Å²) in [5.74, 6) is 0.799. The van der Waals surface area contributed by atoms with E-state index in [1.165, 1.54) is 5.56 Å². The summed E-state index contributed by atoms with van der Waals surface area (Å²) >= 11 is 0. The highest BCUT2D eigenvalue weighted by Crippen LogP contribution is 2.20. The van der Waals surface area contributed by atoms with E-state index >= 15 is 0 Å². The predicted octanol–water partition coefficient (Wildman–Crippen LogP) is 1.10. The van der Waals surface area contributed by atoms with Gasteiger partial charge in [0.15, 0.2) is 0 Å². The van der Waals surface area contributed by atoms with Crippen molar-refractivity contribution in [3.63, 3.8) is 0 Å². The average Bonchev–Trinajstić information content (AvgIpc) is 2.33. The second-order valence-electron chi connectivity index (χ2n) is 4.07. The van der Waals surface area contributed by atoms with Gasteiger partial charge in [-0.3, -0.25) is 4.79 Å². The van der Waals surface area contributed by atoms with Crippen molar-refractivity contribution in [2.45, 2.75) is 13.8 Å². The zero-order chi connectivity index (χ0) is 12.8. The van der Waals surface area contributed by atoms with Gasteiger partial charge >= 0.3 is 0 Å². The molecule has 1 aromatic carbocycles. The van der Waals surface area contributed by atoms with Gasteiger partial charge in [-0.15, -0.1) is 0 Å². The summed E-state index contributed by atoms with van der Waals surface area (Å²) < 4.78 is 5.65. The number of benzene rings is 1. The van der Waals surface area contributed by atoms with Crippen LogP contribution in [0.15, 0.2) is 18.2 Å². The number of aryl methyl sites for hydroxylation is 1. The molecule has 17 heavy (non-hydrogen) atoms. The van der Waals surface area contributed by atoms with Gasteiger partial charge in [-0.1, -0.05) is 12.1 Å². The number of likely N-dealkylation sites (N-methyl/N-ethyl adjacent to an activating group) is 1. The number of carbonyl (C=O) groups excluding carboxylic acids is 1. The van der Waals surface area contributed by atoms with E-state index in [9.17, 15) is 4.79 Å². The lowest BCUT2D eigenvalue weighted by Crippen LogP contribution is -2.35. The number of ether oxygens (including phenoxy) is 1. The Kier molecular flexibility index (Phi) is 4.97. The van der Waals surface area contributed by atoms with E-state index in [2.05, 4.69) is 0 Å². The molecule has 0 aromatic heterocycles. The molecule has 0 radical (unpaired) electrons. The maximum Gasteiger partial charge on any atom is 0.236 e. The topological polar surface area (TPSA) is 55.6 Å². The third kappa shape index (κ3) is 3.75. The molecule has 0 aliphatic heterocycles. The van der Waals surface area contributed by atoms with Crippen molar-refractivity contribution in [2.75, 3.05) is 26.7 Å². The van der Waals surface area contributed by atoms with Crippen LogP contribution in [0.25, 0.3) is 0 Å². The van der Waals surface area contributed by atoms with Gasteiger partial charge < -0.3 is 15.4 Å². The minimum atomic E-state index is -0.0745. The van der Waals surface area contributed by atoms with Crippen LogP contribution in [0.2, 0.25) is 0 Å². The predicted molar refractivity (Wildman–Crippen MR) is 68.1 cm³/mol. The first-order valence-corrected chi connectivity index (χ1v) is 5.69. The number of rotatable bonds is 5. The van der Waals surface area contributed by atoms with E-state index in [4.69, 9.17) is 10.5 Å². The molecule has 0 saturated heterocycles. The molecular formula is C13H20N2O2. The van der Waals surface area contributed by atoms with Crippen molar-refractivity contribution in [1.29, 1.82) is 0 Å². The molecule has 0 spiro atoms. The van der Waals surface area contributed by atoms with Gasteiger partial charge in [-0.2, -0.15) is 0 Å².